The molecule has 0 aliphatic rings. The number of hydrogen-bond donors (Lipinski definition) is 1. The summed E-state index contributed by atoms with van der Waals surface area (Å²) in [6.07, 6.45) is 2.28. The minimum atomic E-state index is -0.169. The molecule has 1 aromatic rings. The Morgan fingerprint density at radius 1 is 1.27 bits per heavy atom. The topological polar surface area (TPSA) is 12.0 Å². The molecule has 2 unspecified atom stereocenters. The van der Waals surface area contributed by atoms with E-state index in [4.69, 9.17) is 0 Å². The third kappa shape index (κ3) is 3.63. The van der Waals surface area contributed by atoms with E-state index in [-0.39, 0.29) is 5.82 Å². The summed E-state index contributed by atoms with van der Waals surface area (Å²) in [5.74, 6) is 0.518. The maximum atomic E-state index is 12.8. The van der Waals surface area contributed by atoms with Gasteiger partial charge in [-0.05, 0) is 37.1 Å². The van der Waals surface area contributed by atoms with Gasteiger partial charge in [0.15, 0.2) is 0 Å². The molecule has 0 aliphatic heterocycles. The molecule has 1 rings (SSSR count). The lowest BCUT2D eigenvalue weighted by molar-refractivity contribution is 0.421. The van der Waals surface area contributed by atoms with Crippen LogP contribution in [0.15, 0.2) is 24.3 Å². The van der Waals surface area contributed by atoms with Gasteiger partial charge in [-0.2, -0.15) is 0 Å². The van der Waals surface area contributed by atoms with Gasteiger partial charge in [0.2, 0.25) is 0 Å². The first-order valence-electron chi connectivity index (χ1n) is 5.60. The van der Waals surface area contributed by atoms with Crippen LogP contribution in [0.3, 0.4) is 0 Å². The van der Waals surface area contributed by atoms with Crippen LogP contribution in [0.2, 0.25) is 0 Å². The van der Waals surface area contributed by atoms with Crippen molar-refractivity contribution < 1.29 is 4.39 Å². The van der Waals surface area contributed by atoms with Crippen LogP contribution in [0, 0.1) is 11.7 Å². The van der Waals surface area contributed by atoms with E-state index >= 15 is 0 Å². The quantitative estimate of drug-likeness (QED) is 0.782. The van der Waals surface area contributed by atoms with E-state index in [2.05, 4.69) is 19.2 Å². The molecule has 1 N–H and O–H groups in total. The number of nitrogens with one attached hydrogen (secondary N) is 1. The van der Waals surface area contributed by atoms with Gasteiger partial charge in [0, 0.05) is 6.04 Å². The van der Waals surface area contributed by atoms with Gasteiger partial charge in [0.1, 0.15) is 5.82 Å². The van der Waals surface area contributed by atoms with E-state index in [1.807, 2.05) is 19.2 Å². The fourth-order valence-corrected chi connectivity index (χ4v) is 1.68. The van der Waals surface area contributed by atoms with E-state index in [0.29, 0.717) is 12.0 Å². The van der Waals surface area contributed by atoms with Crippen LogP contribution in [0.25, 0.3) is 0 Å². The SMILES string of the molecule is CCC(C)CC(NC)c1ccc(F)cc1. The maximum Gasteiger partial charge on any atom is 0.123 e. The lowest BCUT2D eigenvalue weighted by atomic mass is 9.94. The molecule has 15 heavy (non-hydrogen) atoms. The number of hydrogen-bond acceptors (Lipinski definition) is 1. The summed E-state index contributed by atoms with van der Waals surface area (Å²) in [6, 6.07) is 7.10. The fraction of sp³-hybridized carbons (Fsp3) is 0.538. The van der Waals surface area contributed by atoms with Crippen molar-refractivity contribution in [1.82, 2.24) is 5.32 Å². The summed E-state index contributed by atoms with van der Waals surface area (Å²) in [5, 5.41) is 3.28. The average molecular weight is 209 g/mol. The Kier molecular flexibility index (Phi) is 4.76. The highest BCUT2D eigenvalue weighted by atomic mass is 19.1. The first kappa shape index (κ1) is 12.2. The van der Waals surface area contributed by atoms with Crippen molar-refractivity contribution in [2.45, 2.75) is 32.7 Å². The minimum absolute atomic E-state index is 0.169. The zero-order valence-electron chi connectivity index (χ0n) is 9.76. The Hall–Kier alpha value is -0.890. The van der Waals surface area contributed by atoms with Crippen LogP contribution in [-0.2, 0) is 0 Å². The van der Waals surface area contributed by atoms with Crippen LogP contribution >= 0.6 is 0 Å². The Labute approximate surface area is 91.7 Å². The Balaban J connectivity index is 2.69. The molecule has 0 bridgehead atoms. The van der Waals surface area contributed by atoms with Crippen LogP contribution in [0.1, 0.15) is 38.3 Å². The van der Waals surface area contributed by atoms with E-state index in [0.717, 1.165) is 6.42 Å². The second-order valence-corrected chi connectivity index (χ2v) is 4.14. The Morgan fingerprint density at radius 3 is 2.33 bits per heavy atom. The van der Waals surface area contributed by atoms with E-state index in [1.54, 1.807) is 0 Å². The third-order valence-corrected chi connectivity index (χ3v) is 2.96. The standard InChI is InChI=1S/C13H20FN/c1-4-10(2)9-13(15-3)11-5-7-12(14)8-6-11/h5-8,10,13,15H,4,9H2,1-3H3. The van der Waals surface area contributed by atoms with Crippen molar-refractivity contribution in [1.29, 1.82) is 0 Å². The van der Waals surface area contributed by atoms with Crippen LogP contribution in [0.4, 0.5) is 4.39 Å². The lowest BCUT2D eigenvalue weighted by Crippen LogP contribution is -2.18. The van der Waals surface area contributed by atoms with E-state index in [1.165, 1.54) is 24.1 Å². The molecule has 0 radical (unpaired) electrons. The summed E-state index contributed by atoms with van der Waals surface area (Å²) in [7, 11) is 1.95. The fourth-order valence-electron chi connectivity index (χ4n) is 1.68. The van der Waals surface area contributed by atoms with Gasteiger partial charge in [-0.3, -0.25) is 0 Å². The smallest absolute Gasteiger partial charge is 0.123 e. The van der Waals surface area contributed by atoms with Gasteiger partial charge >= 0.3 is 0 Å². The summed E-state index contributed by atoms with van der Waals surface area (Å²) >= 11 is 0. The summed E-state index contributed by atoms with van der Waals surface area (Å²) in [5.41, 5.74) is 1.17. The Bertz CT molecular complexity index is 281. The predicted octanol–water partition coefficient (Wildman–Crippen LogP) is 3.52. The second kappa shape index (κ2) is 5.86. The molecule has 0 saturated heterocycles. The molecule has 0 spiro atoms. The van der Waals surface area contributed by atoms with Crippen molar-refractivity contribution in [2.75, 3.05) is 7.05 Å². The average Bonchev–Trinajstić information content (AvgIpc) is 2.27. The number of benzene rings is 1. The molecule has 0 amide bonds. The van der Waals surface area contributed by atoms with E-state index < -0.39 is 0 Å². The van der Waals surface area contributed by atoms with Crippen LogP contribution < -0.4 is 5.32 Å². The lowest BCUT2D eigenvalue weighted by Gasteiger charge is -2.20. The van der Waals surface area contributed by atoms with Gasteiger partial charge < -0.3 is 5.32 Å². The monoisotopic (exact) mass is 209 g/mol. The van der Waals surface area contributed by atoms with Crippen molar-refractivity contribution in [2.24, 2.45) is 5.92 Å². The molecule has 0 saturated carbocycles. The third-order valence-electron chi connectivity index (χ3n) is 2.96. The highest BCUT2D eigenvalue weighted by molar-refractivity contribution is 5.19. The molecular weight excluding hydrogens is 189 g/mol. The van der Waals surface area contributed by atoms with Gasteiger partial charge in [-0.1, -0.05) is 32.4 Å². The summed E-state index contributed by atoms with van der Waals surface area (Å²) < 4.78 is 12.8. The van der Waals surface area contributed by atoms with Crippen molar-refractivity contribution in [3.8, 4) is 0 Å². The predicted molar refractivity (Wildman–Crippen MR) is 62.3 cm³/mol. The molecule has 0 heterocycles. The molecule has 0 aliphatic carbocycles. The van der Waals surface area contributed by atoms with Gasteiger partial charge in [0.25, 0.3) is 0 Å². The largest absolute Gasteiger partial charge is 0.313 e. The van der Waals surface area contributed by atoms with Gasteiger partial charge in [-0.15, -0.1) is 0 Å². The van der Waals surface area contributed by atoms with Crippen LogP contribution in [-0.4, -0.2) is 7.05 Å². The molecule has 84 valence electrons. The zero-order valence-corrected chi connectivity index (χ0v) is 9.76. The second-order valence-electron chi connectivity index (χ2n) is 4.14. The zero-order chi connectivity index (χ0) is 11.3. The van der Waals surface area contributed by atoms with Crippen molar-refractivity contribution in [3.05, 3.63) is 35.6 Å². The summed E-state index contributed by atoms with van der Waals surface area (Å²) in [6.45, 7) is 4.44. The maximum absolute atomic E-state index is 12.8. The molecule has 2 heteroatoms. The molecular formula is C13H20FN. The highest BCUT2D eigenvalue weighted by Gasteiger charge is 2.12. The minimum Gasteiger partial charge on any atom is -0.313 e. The molecule has 0 aromatic heterocycles. The number of halogens is 1. The normalized spacial score (nSPS) is 14.9. The van der Waals surface area contributed by atoms with Gasteiger partial charge in [-0.25, -0.2) is 4.39 Å². The van der Waals surface area contributed by atoms with E-state index in [9.17, 15) is 4.39 Å². The highest BCUT2D eigenvalue weighted by Crippen LogP contribution is 2.22. The van der Waals surface area contributed by atoms with Crippen LogP contribution in [0.5, 0.6) is 0 Å². The molecule has 0 fully saturated rings. The molecule has 1 nitrogen and oxygen atoms in total. The van der Waals surface area contributed by atoms with Gasteiger partial charge in [0.05, 0.1) is 0 Å². The van der Waals surface area contributed by atoms with Crippen molar-refractivity contribution >= 4 is 0 Å². The number of rotatable bonds is 5. The first-order chi connectivity index (χ1) is 7.17. The Morgan fingerprint density at radius 2 is 1.87 bits per heavy atom. The summed E-state index contributed by atoms with van der Waals surface area (Å²) in [4.78, 5) is 0. The first-order valence-corrected chi connectivity index (χ1v) is 5.60. The van der Waals surface area contributed by atoms with Crippen molar-refractivity contribution in [3.63, 3.8) is 0 Å². The molecule has 2 atom stereocenters. The molecule has 1 aromatic carbocycles.